The van der Waals surface area contributed by atoms with E-state index in [-0.39, 0.29) is 11.9 Å². The number of hydrogen-bond donors (Lipinski definition) is 1. The summed E-state index contributed by atoms with van der Waals surface area (Å²) in [6.45, 7) is 9.09. The van der Waals surface area contributed by atoms with E-state index in [1.807, 2.05) is 7.05 Å². The highest BCUT2D eigenvalue weighted by atomic mass is 19.1. The maximum absolute atomic E-state index is 13.0. The molecule has 1 aromatic heterocycles. The number of hydrogen-bond acceptors (Lipinski definition) is 3. The third-order valence-corrected chi connectivity index (χ3v) is 4.38. The average Bonchev–Trinajstić information content (AvgIpc) is 2.71. The maximum Gasteiger partial charge on any atom is 0.141 e. The summed E-state index contributed by atoms with van der Waals surface area (Å²) >= 11 is 0. The third kappa shape index (κ3) is 3.55. The third-order valence-electron chi connectivity index (χ3n) is 4.38. The fourth-order valence-electron chi connectivity index (χ4n) is 3.41. The Morgan fingerprint density at radius 3 is 2.70 bits per heavy atom. The topological polar surface area (TPSA) is 28.2 Å². The lowest BCUT2D eigenvalue weighted by Gasteiger charge is -2.30. The summed E-state index contributed by atoms with van der Waals surface area (Å²) in [5, 5.41) is 3.33. The van der Waals surface area contributed by atoms with Gasteiger partial charge in [-0.2, -0.15) is 0 Å². The van der Waals surface area contributed by atoms with Gasteiger partial charge in [-0.1, -0.05) is 13.8 Å². The van der Waals surface area contributed by atoms with Gasteiger partial charge in [-0.05, 0) is 44.4 Å². The van der Waals surface area contributed by atoms with Crippen molar-refractivity contribution in [3.05, 3.63) is 29.8 Å². The Bertz CT molecular complexity index is 420. The molecule has 0 aliphatic carbocycles. The molecule has 1 N–H and O–H groups in total. The molecular formula is C16H26FN3. The Balaban J connectivity index is 2.02. The van der Waals surface area contributed by atoms with Gasteiger partial charge in [0.1, 0.15) is 5.82 Å². The van der Waals surface area contributed by atoms with Crippen molar-refractivity contribution < 1.29 is 4.39 Å². The maximum atomic E-state index is 13.0. The van der Waals surface area contributed by atoms with Gasteiger partial charge in [0.2, 0.25) is 0 Å². The molecule has 4 atom stereocenters. The Morgan fingerprint density at radius 2 is 2.20 bits per heavy atom. The first kappa shape index (κ1) is 15.4. The van der Waals surface area contributed by atoms with Gasteiger partial charge in [0.25, 0.3) is 0 Å². The zero-order valence-electron chi connectivity index (χ0n) is 12.9. The molecule has 2 rings (SSSR count). The summed E-state index contributed by atoms with van der Waals surface area (Å²) in [5.74, 6) is 0.943. The SMILES string of the molecule is CNC(c1ccc(F)cn1)C(C)CN1CC(C)CC1C. The lowest BCUT2D eigenvalue weighted by atomic mass is 9.97. The van der Waals surface area contributed by atoms with Gasteiger partial charge in [-0.3, -0.25) is 4.98 Å². The number of nitrogens with one attached hydrogen (secondary N) is 1. The predicted molar refractivity (Wildman–Crippen MR) is 80.0 cm³/mol. The van der Waals surface area contributed by atoms with E-state index in [9.17, 15) is 4.39 Å². The van der Waals surface area contributed by atoms with E-state index in [0.717, 1.165) is 18.2 Å². The molecule has 2 heterocycles. The summed E-state index contributed by atoms with van der Waals surface area (Å²) < 4.78 is 13.0. The van der Waals surface area contributed by atoms with Crippen LogP contribution >= 0.6 is 0 Å². The lowest BCUT2D eigenvalue weighted by molar-refractivity contribution is 0.205. The molecule has 0 spiro atoms. The van der Waals surface area contributed by atoms with Crippen LogP contribution in [0.5, 0.6) is 0 Å². The zero-order chi connectivity index (χ0) is 14.7. The smallest absolute Gasteiger partial charge is 0.141 e. The van der Waals surface area contributed by atoms with Crippen LogP contribution in [0.3, 0.4) is 0 Å². The van der Waals surface area contributed by atoms with Crippen molar-refractivity contribution in [1.29, 1.82) is 0 Å². The van der Waals surface area contributed by atoms with E-state index >= 15 is 0 Å². The van der Waals surface area contributed by atoms with Gasteiger partial charge in [-0.15, -0.1) is 0 Å². The molecule has 1 fully saturated rings. The molecule has 0 bridgehead atoms. The zero-order valence-corrected chi connectivity index (χ0v) is 12.9. The Hall–Kier alpha value is -1.00. The van der Waals surface area contributed by atoms with Crippen molar-refractivity contribution in [2.45, 2.75) is 39.3 Å². The molecule has 1 aromatic rings. The number of rotatable bonds is 5. The Kier molecular flexibility index (Phi) is 5.11. The molecule has 4 heteroatoms. The summed E-state index contributed by atoms with van der Waals surface area (Å²) in [6, 6.07) is 4.09. The second-order valence-electron chi connectivity index (χ2n) is 6.29. The molecule has 0 saturated carbocycles. The van der Waals surface area contributed by atoms with Gasteiger partial charge >= 0.3 is 0 Å². The standard InChI is InChI=1S/C16H26FN3/c1-11-7-13(3)20(9-11)10-12(2)16(18-4)15-6-5-14(17)8-19-15/h5-6,8,11-13,16,18H,7,9-10H2,1-4H3. The van der Waals surface area contributed by atoms with Crippen LogP contribution < -0.4 is 5.32 Å². The van der Waals surface area contributed by atoms with Gasteiger partial charge in [-0.25, -0.2) is 4.39 Å². The minimum atomic E-state index is -0.279. The molecule has 0 aromatic carbocycles. The van der Waals surface area contributed by atoms with Crippen molar-refractivity contribution in [2.24, 2.45) is 11.8 Å². The van der Waals surface area contributed by atoms with E-state index < -0.39 is 0 Å². The van der Waals surface area contributed by atoms with E-state index in [1.54, 1.807) is 6.07 Å². The van der Waals surface area contributed by atoms with Crippen LogP contribution in [0.4, 0.5) is 4.39 Å². The fourth-order valence-corrected chi connectivity index (χ4v) is 3.41. The largest absolute Gasteiger partial charge is 0.311 e. The summed E-state index contributed by atoms with van der Waals surface area (Å²) in [7, 11) is 1.95. The number of pyridine rings is 1. The van der Waals surface area contributed by atoms with Gasteiger partial charge in [0.15, 0.2) is 0 Å². The van der Waals surface area contributed by atoms with Crippen molar-refractivity contribution in [1.82, 2.24) is 15.2 Å². The van der Waals surface area contributed by atoms with Gasteiger partial charge in [0.05, 0.1) is 17.9 Å². The normalized spacial score (nSPS) is 26.6. The summed E-state index contributed by atoms with van der Waals surface area (Å²) in [5.41, 5.74) is 0.918. The molecule has 3 nitrogen and oxygen atoms in total. The Labute approximate surface area is 121 Å². The number of aromatic nitrogens is 1. The van der Waals surface area contributed by atoms with Crippen molar-refractivity contribution >= 4 is 0 Å². The second kappa shape index (κ2) is 6.64. The van der Waals surface area contributed by atoms with Crippen LogP contribution in [-0.2, 0) is 0 Å². The molecule has 4 unspecified atom stereocenters. The second-order valence-corrected chi connectivity index (χ2v) is 6.29. The first-order valence-corrected chi connectivity index (χ1v) is 7.54. The first-order chi connectivity index (χ1) is 9.51. The molecule has 1 saturated heterocycles. The van der Waals surface area contributed by atoms with E-state index in [1.165, 1.54) is 25.2 Å². The highest BCUT2D eigenvalue weighted by Gasteiger charge is 2.29. The van der Waals surface area contributed by atoms with Crippen LogP contribution in [0.25, 0.3) is 0 Å². The van der Waals surface area contributed by atoms with Crippen molar-refractivity contribution in [3.8, 4) is 0 Å². The van der Waals surface area contributed by atoms with Crippen LogP contribution in [-0.4, -0.2) is 36.1 Å². The van der Waals surface area contributed by atoms with Gasteiger partial charge in [0, 0.05) is 19.1 Å². The summed E-state index contributed by atoms with van der Waals surface area (Å²) in [6.07, 6.45) is 2.58. The monoisotopic (exact) mass is 279 g/mol. The van der Waals surface area contributed by atoms with Gasteiger partial charge < -0.3 is 10.2 Å². The fraction of sp³-hybridized carbons (Fsp3) is 0.688. The highest BCUT2D eigenvalue weighted by molar-refractivity contribution is 5.11. The summed E-state index contributed by atoms with van der Waals surface area (Å²) in [4.78, 5) is 6.78. The lowest BCUT2D eigenvalue weighted by Crippen LogP contribution is -2.37. The van der Waals surface area contributed by atoms with Crippen molar-refractivity contribution in [2.75, 3.05) is 20.1 Å². The molecule has 20 heavy (non-hydrogen) atoms. The molecular weight excluding hydrogens is 253 g/mol. The minimum absolute atomic E-state index is 0.165. The van der Waals surface area contributed by atoms with Crippen LogP contribution in [0, 0.1) is 17.7 Å². The predicted octanol–water partition coefficient (Wildman–Crippen LogP) is 2.85. The highest BCUT2D eigenvalue weighted by Crippen LogP contribution is 2.27. The van der Waals surface area contributed by atoms with E-state index in [0.29, 0.717) is 12.0 Å². The van der Waals surface area contributed by atoms with Crippen molar-refractivity contribution in [3.63, 3.8) is 0 Å². The average molecular weight is 279 g/mol. The molecule has 0 radical (unpaired) electrons. The molecule has 0 amide bonds. The number of likely N-dealkylation sites (tertiary alicyclic amines) is 1. The van der Waals surface area contributed by atoms with Crippen LogP contribution in [0.1, 0.15) is 38.9 Å². The van der Waals surface area contributed by atoms with Crippen LogP contribution in [0.2, 0.25) is 0 Å². The molecule has 112 valence electrons. The van der Waals surface area contributed by atoms with E-state index in [2.05, 4.69) is 36.0 Å². The molecule has 1 aliphatic heterocycles. The first-order valence-electron chi connectivity index (χ1n) is 7.54. The number of nitrogens with zero attached hydrogens (tertiary/aromatic N) is 2. The number of halogens is 1. The minimum Gasteiger partial charge on any atom is -0.311 e. The Morgan fingerprint density at radius 1 is 1.45 bits per heavy atom. The quantitative estimate of drug-likeness (QED) is 0.898. The molecule has 1 aliphatic rings. The van der Waals surface area contributed by atoms with Crippen LogP contribution in [0.15, 0.2) is 18.3 Å². The van der Waals surface area contributed by atoms with E-state index in [4.69, 9.17) is 0 Å².